The normalized spacial score (nSPS) is 9.94. The lowest BCUT2D eigenvalue weighted by molar-refractivity contribution is -0.129. The van der Waals surface area contributed by atoms with Crippen LogP contribution in [0.25, 0.3) is 0 Å². The molecule has 6 heteroatoms. The molecule has 0 heterocycles. The van der Waals surface area contributed by atoms with E-state index in [4.69, 9.17) is 9.84 Å². The van der Waals surface area contributed by atoms with Crippen molar-refractivity contribution in [1.29, 1.82) is 0 Å². The van der Waals surface area contributed by atoms with Crippen molar-refractivity contribution >= 4 is 27.8 Å². The van der Waals surface area contributed by atoms with E-state index < -0.39 is 5.97 Å². The number of hydrogen-bond donors (Lipinski definition) is 1. The lowest BCUT2D eigenvalue weighted by Gasteiger charge is -2.11. The number of aromatic carboxylic acids is 1. The van der Waals surface area contributed by atoms with Crippen molar-refractivity contribution in [1.82, 2.24) is 4.90 Å². The summed E-state index contributed by atoms with van der Waals surface area (Å²) in [5.74, 6) is -0.495. The summed E-state index contributed by atoms with van der Waals surface area (Å²) in [5.41, 5.74) is 0.179. The molecule has 0 spiro atoms. The van der Waals surface area contributed by atoms with Crippen LogP contribution in [0.4, 0.5) is 0 Å². The lowest BCUT2D eigenvalue weighted by atomic mass is 10.2. The second kappa shape index (κ2) is 6.39. The topological polar surface area (TPSA) is 66.8 Å². The van der Waals surface area contributed by atoms with Gasteiger partial charge in [0.1, 0.15) is 5.75 Å². The van der Waals surface area contributed by atoms with Crippen LogP contribution < -0.4 is 4.74 Å². The van der Waals surface area contributed by atoms with Crippen molar-refractivity contribution in [2.24, 2.45) is 0 Å². The van der Waals surface area contributed by atoms with Gasteiger partial charge in [0.05, 0.1) is 23.1 Å². The minimum Gasteiger partial charge on any atom is -0.492 e. The zero-order chi connectivity index (χ0) is 13.7. The van der Waals surface area contributed by atoms with Crippen molar-refractivity contribution in [2.75, 3.05) is 20.7 Å². The summed E-state index contributed by atoms with van der Waals surface area (Å²) < 4.78 is 5.96. The first kappa shape index (κ1) is 14.5. The van der Waals surface area contributed by atoms with Crippen molar-refractivity contribution < 1.29 is 19.4 Å². The average Bonchev–Trinajstić information content (AvgIpc) is 2.30. The van der Waals surface area contributed by atoms with Crippen LogP contribution in [0, 0.1) is 0 Å². The number of rotatable bonds is 5. The van der Waals surface area contributed by atoms with Crippen LogP contribution in [0.5, 0.6) is 5.75 Å². The molecule has 0 atom stereocenters. The van der Waals surface area contributed by atoms with Gasteiger partial charge in [0.15, 0.2) is 0 Å². The van der Waals surface area contributed by atoms with Crippen LogP contribution in [0.1, 0.15) is 16.8 Å². The Balaban J connectivity index is 2.58. The van der Waals surface area contributed by atoms with E-state index in [0.29, 0.717) is 10.2 Å². The number of amides is 1. The van der Waals surface area contributed by atoms with Gasteiger partial charge in [-0.05, 0) is 34.1 Å². The van der Waals surface area contributed by atoms with Gasteiger partial charge in [-0.3, -0.25) is 4.79 Å². The number of halogens is 1. The van der Waals surface area contributed by atoms with Crippen LogP contribution in [0.15, 0.2) is 22.7 Å². The number of nitrogens with zero attached hydrogens (tertiary/aromatic N) is 1. The van der Waals surface area contributed by atoms with E-state index in [2.05, 4.69) is 15.9 Å². The first-order valence-corrected chi connectivity index (χ1v) is 6.07. The van der Waals surface area contributed by atoms with E-state index in [-0.39, 0.29) is 24.5 Å². The van der Waals surface area contributed by atoms with Gasteiger partial charge in [-0.2, -0.15) is 0 Å². The minimum absolute atomic E-state index is 0.0201. The molecule has 1 aromatic carbocycles. The molecule has 0 unspecified atom stereocenters. The summed E-state index contributed by atoms with van der Waals surface area (Å²) in [6.45, 7) is 0.252. The summed E-state index contributed by atoms with van der Waals surface area (Å²) >= 11 is 3.23. The Kier molecular flexibility index (Phi) is 5.15. The molecule has 0 fully saturated rings. The fourth-order valence-corrected chi connectivity index (χ4v) is 1.72. The number of hydrogen-bond acceptors (Lipinski definition) is 3. The fraction of sp³-hybridized carbons (Fsp3) is 0.333. The minimum atomic E-state index is -0.995. The van der Waals surface area contributed by atoms with Crippen molar-refractivity contribution in [3.8, 4) is 5.75 Å². The first-order valence-electron chi connectivity index (χ1n) is 5.27. The van der Waals surface area contributed by atoms with E-state index in [1.54, 1.807) is 20.2 Å². The average molecular weight is 316 g/mol. The van der Waals surface area contributed by atoms with Gasteiger partial charge in [0.2, 0.25) is 5.91 Å². The maximum Gasteiger partial charge on any atom is 0.335 e. The second-order valence-corrected chi connectivity index (χ2v) is 4.69. The second-order valence-electron chi connectivity index (χ2n) is 3.84. The Labute approximate surface area is 113 Å². The standard InChI is InChI=1S/C12H14BrNO4/c1-14(2)11(15)5-6-18-10-4-3-8(12(16)17)7-9(10)13/h3-4,7H,5-6H2,1-2H3,(H,16,17). The predicted molar refractivity (Wildman–Crippen MR) is 69.9 cm³/mol. The van der Waals surface area contributed by atoms with Gasteiger partial charge < -0.3 is 14.7 Å². The van der Waals surface area contributed by atoms with Crippen molar-refractivity contribution in [3.05, 3.63) is 28.2 Å². The van der Waals surface area contributed by atoms with Gasteiger partial charge in [-0.15, -0.1) is 0 Å². The molecule has 1 rings (SSSR count). The maximum atomic E-state index is 11.3. The molecule has 0 aromatic heterocycles. The molecule has 1 aromatic rings. The number of benzene rings is 1. The van der Waals surface area contributed by atoms with Crippen LogP contribution in [-0.2, 0) is 4.79 Å². The quantitative estimate of drug-likeness (QED) is 0.902. The summed E-state index contributed by atoms with van der Waals surface area (Å²) in [5, 5.41) is 8.80. The molecule has 0 aliphatic rings. The van der Waals surface area contributed by atoms with E-state index in [1.165, 1.54) is 17.0 Å². The van der Waals surface area contributed by atoms with Gasteiger partial charge in [0.25, 0.3) is 0 Å². The molecular weight excluding hydrogens is 302 g/mol. The highest BCUT2D eigenvalue weighted by atomic mass is 79.9. The Morgan fingerprint density at radius 3 is 2.56 bits per heavy atom. The summed E-state index contributed by atoms with van der Waals surface area (Å²) in [6.07, 6.45) is 0.278. The number of carboxylic acid groups (broad SMARTS) is 1. The molecule has 5 nitrogen and oxygen atoms in total. The molecule has 1 amide bonds. The number of ether oxygens (including phenoxy) is 1. The van der Waals surface area contributed by atoms with Crippen LogP contribution in [0.2, 0.25) is 0 Å². The summed E-state index contributed by atoms with van der Waals surface area (Å²) in [7, 11) is 3.36. The molecular formula is C12H14BrNO4. The van der Waals surface area contributed by atoms with Crippen molar-refractivity contribution in [3.63, 3.8) is 0 Å². The van der Waals surface area contributed by atoms with E-state index in [1.807, 2.05) is 0 Å². The highest BCUT2D eigenvalue weighted by Crippen LogP contribution is 2.26. The third-order valence-corrected chi connectivity index (χ3v) is 2.87. The van der Waals surface area contributed by atoms with E-state index in [9.17, 15) is 9.59 Å². The maximum absolute atomic E-state index is 11.3. The van der Waals surface area contributed by atoms with E-state index in [0.717, 1.165) is 0 Å². The van der Waals surface area contributed by atoms with Gasteiger partial charge >= 0.3 is 5.97 Å². The highest BCUT2D eigenvalue weighted by molar-refractivity contribution is 9.10. The molecule has 0 saturated heterocycles. The summed E-state index contributed by atoms with van der Waals surface area (Å²) in [6, 6.07) is 4.48. The van der Waals surface area contributed by atoms with Gasteiger partial charge in [-0.1, -0.05) is 0 Å². The zero-order valence-corrected chi connectivity index (χ0v) is 11.7. The van der Waals surface area contributed by atoms with Crippen molar-refractivity contribution in [2.45, 2.75) is 6.42 Å². The van der Waals surface area contributed by atoms with Crippen LogP contribution in [0.3, 0.4) is 0 Å². The Bertz CT molecular complexity index is 459. The SMILES string of the molecule is CN(C)C(=O)CCOc1ccc(C(=O)O)cc1Br. The number of carbonyl (C=O) groups excluding carboxylic acids is 1. The Hall–Kier alpha value is -1.56. The molecule has 18 heavy (non-hydrogen) atoms. The third kappa shape index (κ3) is 4.03. The smallest absolute Gasteiger partial charge is 0.335 e. The Morgan fingerprint density at radius 1 is 1.39 bits per heavy atom. The molecule has 0 aliphatic carbocycles. The number of carbonyl (C=O) groups is 2. The number of carboxylic acids is 1. The molecule has 0 saturated carbocycles. The van der Waals surface area contributed by atoms with E-state index >= 15 is 0 Å². The monoisotopic (exact) mass is 315 g/mol. The van der Waals surface area contributed by atoms with Gasteiger partial charge in [0, 0.05) is 14.1 Å². The molecule has 98 valence electrons. The molecule has 0 bridgehead atoms. The first-order chi connectivity index (χ1) is 8.41. The zero-order valence-electron chi connectivity index (χ0n) is 10.1. The predicted octanol–water partition coefficient (Wildman–Crippen LogP) is 2.00. The largest absolute Gasteiger partial charge is 0.492 e. The molecule has 0 aliphatic heterocycles. The van der Waals surface area contributed by atoms with Gasteiger partial charge in [-0.25, -0.2) is 4.79 Å². The fourth-order valence-electron chi connectivity index (χ4n) is 1.22. The highest BCUT2D eigenvalue weighted by Gasteiger charge is 2.09. The van der Waals surface area contributed by atoms with Crippen LogP contribution >= 0.6 is 15.9 Å². The lowest BCUT2D eigenvalue weighted by Crippen LogP contribution is -2.23. The molecule has 0 radical (unpaired) electrons. The summed E-state index contributed by atoms with van der Waals surface area (Å²) in [4.78, 5) is 23.5. The third-order valence-electron chi connectivity index (χ3n) is 2.25. The molecule has 1 N–H and O–H groups in total. The Morgan fingerprint density at radius 2 is 2.06 bits per heavy atom. The van der Waals surface area contributed by atoms with Crippen LogP contribution in [-0.4, -0.2) is 42.6 Å².